The Morgan fingerprint density at radius 3 is 2.64 bits per heavy atom. The number of nitrogens with two attached hydrogens (primary N) is 1. The Balaban J connectivity index is 1.58. The first kappa shape index (κ1) is 17.5. The molecule has 1 aromatic heterocycles. The first-order valence-corrected chi connectivity index (χ1v) is 8.56. The average Bonchev–Trinajstić information content (AvgIpc) is 2.81. The molecule has 1 aliphatic carbocycles. The Morgan fingerprint density at radius 1 is 1.40 bits per heavy atom. The number of aliphatic hydroxyl groups excluding tert-OH is 1. The Hall–Kier alpha value is -2.35. The maximum Gasteiger partial charge on any atom is 0.409 e. The van der Waals surface area contributed by atoms with Gasteiger partial charge in [0, 0.05) is 25.3 Å². The maximum absolute atomic E-state index is 12.4. The van der Waals surface area contributed by atoms with Gasteiger partial charge in [-0.1, -0.05) is 0 Å². The third-order valence-corrected chi connectivity index (χ3v) is 4.89. The number of fused-ring (bicyclic) bond motifs is 2. The second-order valence-corrected chi connectivity index (χ2v) is 6.90. The summed E-state index contributed by atoms with van der Waals surface area (Å²) in [6, 6.07) is 3.30. The van der Waals surface area contributed by atoms with Crippen LogP contribution in [0.5, 0.6) is 0 Å². The lowest BCUT2D eigenvalue weighted by Crippen LogP contribution is -2.54. The van der Waals surface area contributed by atoms with Crippen molar-refractivity contribution in [3.8, 4) is 0 Å². The van der Waals surface area contributed by atoms with Gasteiger partial charge in [-0.25, -0.2) is 9.78 Å². The molecule has 8 heteroatoms. The highest BCUT2D eigenvalue weighted by atomic mass is 16.6. The van der Waals surface area contributed by atoms with Gasteiger partial charge in [-0.15, -0.1) is 0 Å². The minimum absolute atomic E-state index is 0.00499. The first-order chi connectivity index (χ1) is 11.9. The third kappa shape index (κ3) is 4.01. The fourth-order valence-corrected chi connectivity index (χ4v) is 3.66. The number of ether oxygens (including phenoxy) is 1. The minimum Gasteiger partial charge on any atom is -0.447 e. The SMILES string of the molecule is C[C@@H](O)COC(=O)N1CC2CC[C@@H](C1)C2NC(=O)c1ccc(N)nc1. The molecule has 3 rings (SSSR count). The predicted octanol–water partition coefficient (Wildman–Crippen LogP) is 0.621. The molecular formula is C17H24N4O4. The molecule has 2 amide bonds. The number of anilines is 1. The number of nitrogen functional groups attached to an aromatic ring is 1. The number of carbonyl (C=O) groups is 2. The van der Waals surface area contributed by atoms with E-state index < -0.39 is 12.2 Å². The summed E-state index contributed by atoms with van der Waals surface area (Å²) in [5, 5.41) is 12.3. The van der Waals surface area contributed by atoms with Crippen molar-refractivity contribution in [1.82, 2.24) is 15.2 Å². The lowest BCUT2D eigenvalue weighted by molar-refractivity contribution is 0.0394. The van der Waals surface area contributed by atoms with Crippen molar-refractivity contribution in [2.75, 3.05) is 25.4 Å². The van der Waals surface area contributed by atoms with Gasteiger partial charge in [0.2, 0.25) is 0 Å². The van der Waals surface area contributed by atoms with Crippen LogP contribution in [0.3, 0.4) is 0 Å². The van der Waals surface area contributed by atoms with Gasteiger partial charge in [0.15, 0.2) is 0 Å². The van der Waals surface area contributed by atoms with Crippen molar-refractivity contribution < 1.29 is 19.4 Å². The van der Waals surface area contributed by atoms with Gasteiger partial charge in [0.25, 0.3) is 5.91 Å². The molecule has 1 aromatic rings. The van der Waals surface area contributed by atoms with Crippen LogP contribution in [0.4, 0.5) is 10.6 Å². The molecule has 0 spiro atoms. The smallest absolute Gasteiger partial charge is 0.409 e. The number of aromatic nitrogens is 1. The molecule has 1 saturated carbocycles. The molecule has 0 aromatic carbocycles. The molecule has 2 fully saturated rings. The Morgan fingerprint density at radius 2 is 2.08 bits per heavy atom. The van der Waals surface area contributed by atoms with Crippen molar-refractivity contribution in [1.29, 1.82) is 0 Å². The number of amides is 2. The summed E-state index contributed by atoms with van der Waals surface area (Å²) in [7, 11) is 0. The number of nitrogens with one attached hydrogen (secondary N) is 1. The first-order valence-electron chi connectivity index (χ1n) is 8.56. The zero-order valence-electron chi connectivity index (χ0n) is 14.2. The van der Waals surface area contributed by atoms with E-state index in [0.29, 0.717) is 24.5 Å². The second-order valence-electron chi connectivity index (χ2n) is 6.90. The molecule has 2 aliphatic rings. The molecule has 0 radical (unpaired) electrons. The van der Waals surface area contributed by atoms with Gasteiger partial charge in [-0.3, -0.25) is 4.79 Å². The van der Waals surface area contributed by atoms with Crippen LogP contribution < -0.4 is 11.1 Å². The van der Waals surface area contributed by atoms with Crippen LogP contribution >= 0.6 is 0 Å². The lowest BCUT2D eigenvalue weighted by atomic mass is 9.92. The highest BCUT2D eigenvalue weighted by molar-refractivity contribution is 5.94. The fraction of sp³-hybridized carbons (Fsp3) is 0.588. The average molecular weight is 348 g/mol. The van der Waals surface area contributed by atoms with Crippen LogP contribution in [0, 0.1) is 11.8 Å². The number of pyridine rings is 1. The maximum atomic E-state index is 12.4. The number of nitrogens with zero attached hydrogens (tertiary/aromatic N) is 2. The van der Waals surface area contributed by atoms with Crippen LogP contribution in [0.15, 0.2) is 18.3 Å². The molecule has 136 valence electrons. The van der Waals surface area contributed by atoms with Crippen LogP contribution in [0.2, 0.25) is 0 Å². The van der Waals surface area contributed by atoms with E-state index in [1.807, 2.05) is 0 Å². The number of hydrogen-bond donors (Lipinski definition) is 3. The van der Waals surface area contributed by atoms with Crippen molar-refractivity contribution in [2.45, 2.75) is 31.9 Å². The summed E-state index contributed by atoms with van der Waals surface area (Å²) in [5.74, 6) is 0.632. The highest BCUT2D eigenvalue weighted by Gasteiger charge is 2.44. The minimum atomic E-state index is -0.675. The molecule has 1 aliphatic heterocycles. The molecule has 4 N–H and O–H groups in total. The number of likely N-dealkylation sites (tertiary alicyclic amines) is 1. The molecule has 1 saturated heterocycles. The normalized spacial score (nSPS) is 26.2. The quantitative estimate of drug-likeness (QED) is 0.734. The highest BCUT2D eigenvalue weighted by Crippen LogP contribution is 2.37. The van der Waals surface area contributed by atoms with Crippen LogP contribution in [0.25, 0.3) is 0 Å². The van der Waals surface area contributed by atoms with Crippen molar-refractivity contribution in [3.05, 3.63) is 23.9 Å². The molecule has 2 unspecified atom stereocenters. The number of aliphatic hydroxyl groups is 1. The molecule has 2 heterocycles. The zero-order valence-corrected chi connectivity index (χ0v) is 14.2. The van der Waals surface area contributed by atoms with Crippen LogP contribution in [0.1, 0.15) is 30.1 Å². The second kappa shape index (κ2) is 7.26. The van der Waals surface area contributed by atoms with Crippen molar-refractivity contribution >= 4 is 17.8 Å². The van der Waals surface area contributed by atoms with Gasteiger partial charge in [-0.05, 0) is 43.7 Å². The Labute approximate surface area is 146 Å². The zero-order chi connectivity index (χ0) is 18.0. The van der Waals surface area contributed by atoms with E-state index in [9.17, 15) is 14.7 Å². The number of piperidine rings is 1. The Kier molecular flexibility index (Phi) is 5.08. The topological polar surface area (TPSA) is 118 Å². The summed E-state index contributed by atoms with van der Waals surface area (Å²) in [6.07, 6.45) is 2.33. The number of carbonyl (C=O) groups excluding carboxylic acids is 2. The van der Waals surface area contributed by atoms with E-state index >= 15 is 0 Å². The standard InChI is InChI=1S/C17H24N4O4/c1-10(22)9-25-17(24)21-7-12-2-3-13(8-21)15(12)20-16(23)11-4-5-14(18)19-6-11/h4-6,10,12-13,15,22H,2-3,7-9H2,1H3,(H2,18,19)(H,20,23)/t10-,12+,13?,15?/m1/s1. The summed E-state index contributed by atoms with van der Waals surface area (Å²) in [5.41, 5.74) is 6.02. The molecule has 8 nitrogen and oxygen atoms in total. The lowest BCUT2D eigenvalue weighted by Gasteiger charge is -2.37. The van der Waals surface area contributed by atoms with Crippen LogP contribution in [-0.4, -0.2) is 58.8 Å². The largest absolute Gasteiger partial charge is 0.447 e. The molecule has 4 atom stereocenters. The summed E-state index contributed by atoms with van der Waals surface area (Å²) < 4.78 is 5.09. The van der Waals surface area contributed by atoms with Crippen LogP contribution in [-0.2, 0) is 4.74 Å². The number of hydrogen-bond acceptors (Lipinski definition) is 6. The van der Waals surface area contributed by atoms with Gasteiger partial charge >= 0.3 is 6.09 Å². The summed E-state index contributed by atoms with van der Waals surface area (Å²) in [6.45, 7) is 2.68. The van der Waals surface area contributed by atoms with Gasteiger partial charge in [0.05, 0.1) is 11.7 Å². The van der Waals surface area contributed by atoms with E-state index in [1.54, 1.807) is 24.0 Å². The van der Waals surface area contributed by atoms with Gasteiger partial charge in [0.1, 0.15) is 12.4 Å². The summed E-state index contributed by atoms with van der Waals surface area (Å²) in [4.78, 5) is 30.1. The van der Waals surface area contributed by atoms with E-state index in [2.05, 4.69) is 10.3 Å². The van der Waals surface area contributed by atoms with E-state index in [1.165, 1.54) is 6.20 Å². The third-order valence-electron chi connectivity index (χ3n) is 4.89. The number of rotatable bonds is 4. The Bertz CT molecular complexity index is 620. The van der Waals surface area contributed by atoms with E-state index in [4.69, 9.17) is 10.5 Å². The van der Waals surface area contributed by atoms with E-state index in [0.717, 1.165) is 12.8 Å². The van der Waals surface area contributed by atoms with Crippen molar-refractivity contribution in [3.63, 3.8) is 0 Å². The van der Waals surface area contributed by atoms with Crippen molar-refractivity contribution in [2.24, 2.45) is 11.8 Å². The molecule has 2 bridgehead atoms. The molecule has 25 heavy (non-hydrogen) atoms. The van der Waals surface area contributed by atoms with Gasteiger partial charge < -0.3 is 25.8 Å². The summed E-state index contributed by atoms with van der Waals surface area (Å²) >= 11 is 0. The molecular weight excluding hydrogens is 324 g/mol. The van der Waals surface area contributed by atoms with Gasteiger partial charge in [-0.2, -0.15) is 0 Å². The fourth-order valence-electron chi connectivity index (χ4n) is 3.66. The predicted molar refractivity (Wildman–Crippen MR) is 90.7 cm³/mol. The monoisotopic (exact) mass is 348 g/mol. The van der Waals surface area contributed by atoms with E-state index in [-0.39, 0.29) is 30.4 Å².